The highest BCUT2D eigenvalue weighted by atomic mass is 16.5. The average Bonchev–Trinajstić information content (AvgIpc) is 2.83. The lowest BCUT2D eigenvalue weighted by Crippen LogP contribution is -2.04. The van der Waals surface area contributed by atoms with Gasteiger partial charge in [-0.05, 0) is 13.8 Å². The number of aromatic nitrogens is 3. The number of anilines is 1. The molecule has 16 heavy (non-hydrogen) atoms. The molecule has 2 heterocycles. The molecule has 0 radical (unpaired) electrons. The third-order valence-corrected chi connectivity index (χ3v) is 1.92. The maximum absolute atomic E-state index is 5.59. The SMILES string of the molecule is Cc1cc(CNc2nnc(C(C)N)o2)on1. The van der Waals surface area contributed by atoms with Gasteiger partial charge in [0.05, 0.1) is 18.3 Å². The van der Waals surface area contributed by atoms with E-state index in [0.717, 1.165) is 5.69 Å². The molecule has 0 aromatic carbocycles. The summed E-state index contributed by atoms with van der Waals surface area (Å²) >= 11 is 0. The Morgan fingerprint density at radius 2 is 2.31 bits per heavy atom. The number of hydrogen-bond donors (Lipinski definition) is 2. The average molecular weight is 223 g/mol. The Balaban J connectivity index is 1.94. The van der Waals surface area contributed by atoms with Crippen LogP contribution in [0.5, 0.6) is 0 Å². The van der Waals surface area contributed by atoms with Gasteiger partial charge in [-0.15, -0.1) is 5.10 Å². The quantitative estimate of drug-likeness (QED) is 0.796. The minimum Gasteiger partial charge on any atom is -0.406 e. The van der Waals surface area contributed by atoms with Gasteiger partial charge in [0, 0.05) is 6.07 Å². The molecule has 0 saturated carbocycles. The molecule has 2 aromatic heterocycles. The molecule has 0 fully saturated rings. The maximum Gasteiger partial charge on any atom is 0.315 e. The van der Waals surface area contributed by atoms with Crippen LogP contribution in [0.15, 0.2) is 15.0 Å². The zero-order valence-corrected chi connectivity index (χ0v) is 9.10. The van der Waals surface area contributed by atoms with Crippen LogP contribution < -0.4 is 11.1 Å². The third-order valence-electron chi connectivity index (χ3n) is 1.92. The van der Waals surface area contributed by atoms with Crippen molar-refractivity contribution in [2.75, 3.05) is 5.32 Å². The summed E-state index contributed by atoms with van der Waals surface area (Å²) in [6.45, 7) is 4.08. The molecule has 86 valence electrons. The molecule has 0 aliphatic carbocycles. The van der Waals surface area contributed by atoms with Crippen molar-refractivity contribution in [3.63, 3.8) is 0 Å². The molecule has 7 nitrogen and oxygen atoms in total. The largest absolute Gasteiger partial charge is 0.406 e. The van der Waals surface area contributed by atoms with Crippen LogP contribution in [-0.4, -0.2) is 15.4 Å². The van der Waals surface area contributed by atoms with Crippen LogP contribution >= 0.6 is 0 Å². The van der Waals surface area contributed by atoms with Crippen molar-refractivity contribution in [1.82, 2.24) is 15.4 Å². The number of nitrogens with one attached hydrogen (secondary N) is 1. The fraction of sp³-hybridized carbons (Fsp3) is 0.444. The van der Waals surface area contributed by atoms with E-state index in [9.17, 15) is 0 Å². The molecule has 0 aliphatic heterocycles. The molecule has 0 saturated heterocycles. The zero-order valence-electron chi connectivity index (χ0n) is 9.10. The molecule has 0 amide bonds. The Morgan fingerprint density at radius 3 is 2.88 bits per heavy atom. The Labute approximate surface area is 92.0 Å². The lowest BCUT2D eigenvalue weighted by atomic mass is 10.4. The molecule has 0 aliphatic rings. The minimum atomic E-state index is -0.268. The summed E-state index contributed by atoms with van der Waals surface area (Å²) in [5, 5.41) is 14.3. The van der Waals surface area contributed by atoms with E-state index in [0.29, 0.717) is 24.2 Å². The first kappa shape index (κ1) is 10.6. The van der Waals surface area contributed by atoms with E-state index in [1.165, 1.54) is 0 Å². The van der Waals surface area contributed by atoms with Gasteiger partial charge < -0.3 is 20.0 Å². The summed E-state index contributed by atoms with van der Waals surface area (Å²) in [5.74, 6) is 1.11. The molecule has 0 bridgehead atoms. The highest BCUT2D eigenvalue weighted by molar-refractivity contribution is 5.19. The van der Waals surface area contributed by atoms with Gasteiger partial charge in [0.1, 0.15) is 0 Å². The van der Waals surface area contributed by atoms with Gasteiger partial charge in [0.2, 0.25) is 5.89 Å². The van der Waals surface area contributed by atoms with Gasteiger partial charge in [-0.2, -0.15) is 0 Å². The van der Waals surface area contributed by atoms with E-state index in [1.54, 1.807) is 6.92 Å². The summed E-state index contributed by atoms with van der Waals surface area (Å²) in [5.41, 5.74) is 6.42. The minimum absolute atomic E-state index is 0.268. The second-order valence-electron chi connectivity index (χ2n) is 3.52. The molecule has 7 heteroatoms. The van der Waals surface area contributed by atoms with Crippen LogP contribution in [0, 0.1) is 6.92 Å². The Bertz CT molecular complexity index is 462. The number of nitrogens with zero attached hydrogens (tertiary/aromatic N) is 3. The molecule has 3 N–H and O–H groups in total. The van der Waals surface area contributed by atoms with E-state index in [1.807, 2.05) is 13.0 Å². The van der Waals surface area contributed by atoms with Crippen LogP contribution in [0.1, 0.15) is 30.3 Å². The van der Waals surface area contributed by atoms with Crippen molar-refractivity contribution in [3.8, 4) is 0 Å². The van der Waals surface area contributed by atoms with Gasteiger partial charge in [0.25, 0.3) is 0 Å². The van der Waals surface area contributed by atoms with E-state index in [2.05, 4.69) is 20.7 Å². The summed E-state index contributed by atoms with van der Waals surface area (Å²) in [6.07, 6.45) is 0. The van der Waals surface area contributed by atoms with Gasteiger partial charge in [-0.1, -0.05) is 10.3 Å². The monoisotopic (exact) mass is 223 g/mol. The van der Waals surface area contributed by atoms with E-state index in [4.69, 9.17) is 14.7 Å². The second-order valence-corrected chi connectivity index (χ2v) is 3.52. The van der Waals surface area contributed by atoms with Crippen LogP contribution in [0.3, 0.4) is 0 Å². The highest BCUT2D eigenvalue weighted by Gasteiger charge is 2.10. The van der Waals surface area contributed by atoms with Gasteiger partial charge in [-0.25, -0.2) is 0 Å². The normalized spacial score (nSPS) is 12.7. The van der Waals surface area contributed by atoms with Crippen molar-refractivity contribution in [1.29, 1.82) is 0 Å². The summed E-state index contributed by atoms with van der Waals surface area (Å²) < 4.78 is 10.3. The maximum atomic E-state index is 5.59. The molecule has 0 spiro atoms. The van der Waals surface area contributed by atoms with Crippen molar-refractivity contribution in [3.05, 3.63) is 23.4 Å². The van der Waals surface area contributed by atoms with Crippen LogP contribution in [-0.2, 0) is 6.54 Å². The number of nitrogens with two attached hydrogens (primary N) is 1. The van der Waals surface area contributed by atoms with Crippen molar-refractivity contribution in [2.45, 2.75) is 26.4 Å². The first-order chi connectivity index (χ1) is 7.65. The summed E-state index contributed by atoms with van der Waals surface area (Å²) in [6, 6.07) is 1.88. The van der Waals surface area contributed by atoms with E-state index < -0.39 is 0 Å². The van der Waals surface area contributed by atoms with Crippen molar-refractivity contribution < 1.29 is 8.94 Å². The Morgan fingerprint density at radius 1 is 1.50 bits per heavy atom. The van der Waals surface area contributed by atoms with Gasteiger partial charge >= 0.3 is 6.01 Å². The Hall–Kier alpha value is -1.89. The summed E-state index contributed by atoms with van der Waals surface area (Å²) in [4.78, 5) is 0. The molecular formula is C9H13N5O2. The lowest BCUT2D eigenvalue weighted by molar-refractivity contribution is 0.382. The predicted molar refractivity (Wildman–Crippen MR) is 55.5 cm³/mol. The zero-order chi connectivity index (χ0) is 11.5. The van der Waals surface area contributed by atoms with Gasteiger partial charge in [0.15, 0.2) is 5.76 Å². The van der Waals surface area contributed by atoms with E-state index in [-0.39, 0.29) is 6.04 Å². The fourth-order valence-corrected chi connectivity index (χ4v) is 1.15. The highest BCUT2D eigenvalue weighted by Crippen LogP contribution is 2.12. The third kappa shape index (κ3) is 2.37. The smallest absolute Gasteiger partial charge is 0.315 e. The van der Waals surface area contributed by atoms with E-state index >= 15 is 0 Å². The molecule has 2 aromatic rings. The number of aryl methyl sites for hydroxylation is 1. The molecular weight excluding hydrogens is 210 g/mol. The summed E-state index contributed by atoms with van der Waals surface area (Å²) in [7, 11) is 0. The molecule has 1 atom stereocenters. The topological polar surface area (TPSA) is 103 Å². The van der Waals surface area contributed by atoms with Crippen LogP contribution in [0.4, 0.5) is 6.01 Å². The number of hydrogen-bond acceptors (Lipinski definition) is 7. The molecule has 1 unspecified atom stereocenters. The standard InChI is InChI=1S/C9H13N5O2/c1-5-3-7(16-14-5)4-11-9-13-12-8(15-9)6(2)10/h3,6H,4,10H2,1-2H3,(H,11,13). The van der Waals surface area contributed by atoms with Crippen molar-refractivity contribution in [2.24, 2.45) is 5.73 Å². The fourth-order valence-electron chi connectivity index (χ4n) is 1.15. The van der Waals surface area contributed by atoms with Crippen LogP contribution in [0.2, 0.25) is 0 Å². The van der Waals surface area contributed by atoms with Gasteiger partial charge in [-0.3, -0.25) is 0 Å². The number of rotatable bonds is 4. The van der Waals surface area contributed by atoms with Crippen molar-refractivity contribution >= 4 is 6.01 Å². The molecule has 2 rings (SSSR count). The predicted octanol–water partition coefficient (Wildman–Crippen LogP) is 0.998. The Kier molecular flexibility index (Phi) is 2.86. The lowest BCUT2D eigenvalue weighted by Gasteiger charge is -1.97. The second kappa shape index (κ2) is 4.31. The van der Waals surface area contributed by atoms with Crippen LogP contribution in [0.25, 0.3) is 0 Å². The first-order valence-electron chi connectivity index (χ1n) is 4.90. The first-order valence-corrected chi connectivity index (χ1v) is 4.90.